The molecule has 0 spiro atoms. The van der Waals surface area contributed by atoms with Gasteiger partial charge in [0, 0.05) is 28.3 Å². The van der Waals surface area contributed by atoms with E-state index in [-0.39, 0.29) is 16.0 Å². The first-order valence-electron chi connectivity index (χ1n) is 7.20. The van der Waals surface area contributed by atoms with E-state index < -0.39 is 17.3 Å². The van der Waals surface area contributed by atoms with Crippen LogP contribution in [0.15, 0.2) is 59.4 Å². The van der Waals surface area contributed by atoms with Crippen LogP contribution < -0.4 is 16.2 Å². The van der Waals surface area contributed by atoms with Gasteiger partial charge in [-0.05, 0) is 42.5 Å². The molecule has 3 N–H and O–H groups in total. The average molecular weight is 363 g/mol. The third kappa shape index (κ3) is 3.97. The summed E-state index contributed by atoms with van der Waals surface area (Å²) >= 11 is 5.17. The van der Waals surface area contributed by atoms with Crippen LogP contribution in [0.5, 0.6) is 0 Å². The molecule has 1 aromatic heterocycles. The number of anilines is 2. The third-order valence-electron chi connectivity index (χ3n) is 3.44. The fraction of sp³-hybridized carbons (Fsp3) is 0.0588. The van der Waals surface area contributed by atoms with Gasteiger partial charge >= 0.3 is 6.18 Å². The predicted octanol–water partition coefficient (Wildman–Crippen LogP) is 4.36. The van der Waals surface area contributed by atoms with Crippen LogP contribution in [0.1, 0.15) is 5.56 Å². The molecule has 0 radical (unpaired) electrons. The number of thiocarbonyl (C=S) groups is 1. The molecule has 0 unspecified atom stereocenters. The lowest BCUT2D eigenvalue weighted by Gasteiger charge is -2.13. The fourth-order valence-corrected chi connectivity index (χ4v) is 2.62. The maximum Gasteiger partial charge on any atom is 0.417 e. The minimum absolute atomic E-state index is 0.104. The van der Waals surface area contributed by atoms with Crippen LogP contribution >= 0.6 is 12.2 Å². The number of aromatic nitrogens is 1. The topological polar surface area (TPSA) is 56.9 Å². The van der Waals surface area contributed by atoms with Gasteiger partial charge in [-0.3, -0.25) is 4.79 Å². The number of pyridine rings is 1. The number of halogens is 3. The van der Waals surface area contributed by atoms with Crippen LogP contribution in [0, 0.1) is 0 Å². The first kappa shape index (κ1) is 17.0. The molecule has 0 aliphatic carbocycles. The maximum absolute atomic E-state index is 13.2. The Labute approximate surface area is 145 Å². The first-order valence-corrected chi connectivity index (χ1v) is 7.61. The highest BCUT2D eigenvalue weighted by Gasteiger charge is 2.33. The summed E-state index contributed by atoms with van der Waals surface area (Å²) < 4.78 is 39.5. The van der Waals surface area contributed by atoms with Crippen molar-refractivity contribution in [3.05, 3.63) is 70.5 Å². The number of para-hydroxylation sites is 1. The Morgan fingerprint density at radius 3 is 2.32 bits per heavy atom. The van der Waals surface area contributed by atoms with E-state index in [4.69, 9.17) is 12.2 Å². The Morgan fingerprint density at radius 2 is 1.64 bits per heavy atom. The van der Waals surface area contributed by atoms with Gasteiger partial charge in [0.1, 0.15) is 0 Å². The molecule has 3 aromatic rings. The van der Waals surface area contributed by atoms with E-state index in [1.165, 1.54) is 18.2 Å². The van der Waals surface area contributed by atoms with Crippen molar-refractivity contribution in [3.63, 3.8) is 0 Å². The monoisotopic (exact) mass is 363 g/mol. The molecular weight excluding hydrogens is 351 g/mol. The normalized spacial score (nSPS) is 11.3. The molecule has 3 rings (SSSR count). The molecule has 0 amide bonds. The summed E-state index contributed by atoms with van der Waals surface area (Å²) in [7, 11) is 0. The summed E-state index contributed by atoms with van der Waals surface area (Å²) in [6.45, 7) is 0. The van der Waals surface area contributed by atoms with Crippen LogP contribution in [-0.2, 0) is 6.18 Å². The molecule has 2 aromatic carbocycles. The lowest BCUT2D eigenvalue weighted by atomic mass is 10.1. The number of benzene rings is 2. The Hall–Kier alpha value is -2.87. The zero-order valence-electron chi connectivity index (χ0n) is 12.6. The average Bonchev–Trinajstić information content (AvgIpc) is 2.54. The summed E-state index contributed by atoms with van der Waals surface area (Å²) in [5, 5.41) is 5.90. The third-order valence-corrected chi connectivity index (χ3v) is 3.64. The second-order valence-electron chi connectivity index (χ2n) is 5.25. The molecule has 8 heteroatoms. The van der Waals surface area contributed by atoms with Gasteiger partial charge < -0.3 is 15.6 Å². The summed E-state index contributed by atoms with van der Waals surface area (Å²) in [5.41, 5.74) is -0.564. The van der Waals surface area contributed by atoms with E-state index in [0.29, 0.717) is 11.8 Å². The van der Waals surface area contributed by atoms with Crippen molar-refractivity contribution in [1.82, 2.24) is 4.98 Å². The Morgan fingerprint density at radius 1 is 0.960 bits per heavy atom. The van der Waals surface area contributed by atoms with Gasteiger partial charge in [-0.25, -0.2) is 0 Å². The highest BCUT2D eigenvalue weighted by atomic mass is 32.1. The molecule has 0 saturated carbocycles. The standard InChI is InChI=1S/C17H12F3N3OS/c18-17(19,20)13-9-15(24)23-14-7-6-11(8-12(13)14)22-16(25)21-10-4-2-1-3-5-10/h1-9H,(H,23,24)(H2,21,22,25). The highest BCUT2D eigenvalue weighted by Crippen LogP contribution is 2.34. The number of hydrogen-bond donors (Lipinski definition) is 3. The Kier molecular flexibility index (Phi) is 4.45. The molecule has 0 saturated heterocycles. The minimum atomic E-state index is -4.63. The van der Waals surface area contributed by atoms with E-state index in [1.54, 1.807) is 12.1 Å². The quantitative estimate of drug-likeness (QED) is 0.593. The van der Waals surface area contributed by atoms with Gasteiger partial charge in [-0.15, -0.1) is 0 Å². The summed E-state index contributed by atoms with van der Waals surface area (Å²) in [5.74, 6) is 0. The number of aromatic amines is 1. The lowest BCUT2D eigenvalue weighted by Crippen LogP contribution is -2.19. The summed E-state index contributed by atoms with van der Waals surface area (Å²) in [6, 6.07) is 13.9. The maximum atomic E-state index is 13.2. The molecular formula is C17H12F3N3OS. The second kappa shape index (κ2) is 6.56. The lowest BCUT2D eigenvalue weighted by molar-refractivity contribution is -0.136. The summed E-state index contributed by atoms with van der Waals surface area (Å²) in [6.07, 6.45) is -4.63. The van der Waals surface area contributed by atoms with Crippen molar-refractivity contribution in [1.29, 1.82) is 0 Å². The molecule has 4 nitrogen and oxygen atoms in total. The molecule has 0 aliphatic heterocycles. The van der Waals surface area contributed by atoms with E-state index in [2.05, 4.69) is 15.6 Å². The minimum Gasteiger partial charge on any atom is -0.332 e. The van der Waals surface area contributed by atoms with Gasteiger partial charge in [0.2, 0.25) is 5.56 Å². The van der Waals surface area contributed by atoms with Gasteiger partial charge in [0.15, 0.2) is 5.11 Å². The van der Waals surface area contributed by atoms with E-state index >= 15 is 0 Å². The predicted molar refractivity (Wildman–Crippen MR) is 95.9 cm³/mol. The molecule has 25 heavy (non-hydrogen) atoms. The highest BCUT2D eigenvalue weighted by molar-refractivity contribution is 7.80. The van der Waals surface area contributed by atoms with Crippen LogP contribution in [0.3, 0.4) is 0 Å². The molecule has 128 valence electrons. The van der Waals surface area contributed by atoms with Gasteiger partial charge in [0.25, 0.3) is 0 Å². The van der Waals surface area contributed by atoms with Crippen molar-refractivity contribution in [2.45, 2.75) is 6.18 Å². The van der Waals surface area contributed by atoms with Crippen molar-refractivity contribution in [3.8, 4) is 0 Å². The van der Waals surface area contributed by atoms with Gasteiger partial charge in [-0.2, -0.15) is 13.2 Å². The molecule has 0 bridgehead atoms. The number of fused-ring (bicyclic) bond motifs is 1. The number of rotatable bonds is 2. The SMILES string of the molecule is O=c1cc(C(F)(F)F)c2cc(NC(=S)Nc3ccccc3)ccc2[nH]1. The number of nitrogens with one attached hydrogen (secondary N) is 3. The summed E-state index contributed by atoms with van der Waals surface area (Å²) in [4.78, 5) is 13.8. The fourth-order valence-electron chi connectivity index (χ4n) is 2.38. The van der Waals surface area contributed by atoms with Gasteiger partial charge in [-0.1, -0.05) is 18.2 Å². The van der Waals surface area contributed by atoms with Crippen molar-refractivity contribution in [2.75, 3.05) is 10.6 Å². The second-order valence-corrected chi connectivity index (χ2v) is 5.66. The molecule has 0 atom stereocenters. The van der Waals surface area contributed by atoms with E-state index in [0.717, 1.165) is 5.69 Å². The van der Waals surface area contributed by atoms with Crippen molar-refractivity contribution >= 4 is 39.6 Å². The Balaban J connectivity index is 1.92. The Bertz CT molecular complexity index is 984. The molecule has 1 heterocycles. The zero-order chi connectivity index (χ0) is 18.0. The first-order chi connectivity index (χ1) is 11.8. The number of H-pyrrole nitrogens is 1. The van der Waals surface area contributed by atoms with Gasteiger partial charge in [0.05, 0.1) is 5.56 Å². The van der Waals surface area contributed by atoms with Crippen molar-refractivity contribution in [2.24, 2.45) is 0 Å². The van der Waals surface area contributed by atoms with E-state index in [1.807, 2.05) is 18.2 Å². The van der Waals surface area contributed by atoms with Crippen LogP contribution in [-0.4, -0.2) is 10.1 Å². The van der Waals surface area contributed by atoms with Crippen molar-refractivity contribution < 1.29 is 13.2 Å². The van der Waals surface area contributed by atoms with E-state index in [9.17, 15) is 18.0 Å². The number of hydrogen-bond acceptors (Lipinski definition) is 2. The zero-order valence-corrected chi connectivity index (χ0v) is 13.5. The molecule has 0 aliphatic rings. The van der Waals surface area contributed by atoms with Crippen LogP contribution in [0.2, 0.25) is 0 Å². The van der Waals surface area contributed by atoms with Crippen LogP contribution in [0.25, 0.3) is 10.9 Å². The molecule has 0 fully saturated rings. The van der Waals surface area contributed by atoms with Crippen LogP contribution in [0.4, 0.5) is 24.5 Å². The largest absolute Gasteiger partial charge is 0.417 e. The number of alkyl halides is 3. The smallest absolute Gasteiger partial charge is 0.332 e.